The average molecular weight is 891 g/mol. The van der Waals surface area contributed by atoms with Crippen LogP contribution in [0.5, 0.6) is 0 Å². The zero-order chi connectivity index (χ0) is 34.7. The number of benzene rings is 2. The topological polar surface area (TPSA) is 51.8 Å². The first-order valence-corrected chi connectivity index (χ1v) is 24.8. The molecule has 0 N–H and O–H groups in total. The molecule has 259 valence electrons. The molecule has 4 aromatic heterocycles. The summed E-state index contributed by atoms with van der Waals surface area (Å²) in [5.74, 6) is 9.41. The van der Waals surface area contributed by atoms with Crippen LogP contribution in [0.1, 0.15) is 82.7 Å². The predicted molar refractivity (Wildman–Crippen MR) is 206 cm³/mol. The summed E-state index contributed by atoms with van der Waals surface area (Å²) in [5, 5.41) is 2.10. The molecule has 6 heteroatoms. The van der Waals surface area contributed by atoms with Gasteiger partial charge in [-0.3, -0.25) is 0 Å². The van der Waals surface area contributed by atoms with Crippen molar-refractivity contribution in [3.05, 3.63) is 108 Å². The molecule has 0 aliphatic carbocycles. The van der Waals surface area contributed by atoms with Crippen LogP contribution < -0.4 is 4.40 Å². The normalized spacial score (nSPS) is 12.4. The van der Waals surface area contributed by atoms with Crippen LogP contribution in [0.2, 0.25) is 17.3 Å². The Labute approximate surface area is 310 Å². The molecular formula is C43H51GeIrN3O-2. The molecule has 0 saturated heterocycles. The third-order valence-electron chi connectivity index (χ3n) is 9.15. The van der Waals surface area contributed by atoms with Gasteiger partial charge in [-0.1, -0.05) is 57.2 Å². The van der Waals surface area contributed by atoms with Gasteiger partial charge in [-0.25, -0.2) is 4.98 Å². The number of pyridine rings is 3. The summed E-state index contributed by atoms with van der Waals surface area (Å²) in [5.41, 5.74) is 10.5. The van der Waals surface area contributed by atoms with E-state index in [9.17, 15) is 0 Å². The van der Waals surface area contributed by atoms with Crippen LogP contribution in [0.4, 0.5) is 0 Å². The molecule has 4 nitrogen and oxygen atoms in total. The van der Waals surface area contributed by atoms with Crippen LogP contribution in [0.3, 0.4) is 0 Å². The van der Waals surface area contributed by atoms with Crippen molar-refractivity contribution in [2.75, 3.05) is 0 Å². The summed E-state index contributed by atoms with van der Waals surface area (Å²) in [6.45, 7) is 17.7. The van der Waals surface area contributed by atoms with Crippen molar-refractivity contribution in [3.8, 4) is 22.5 Å². The molecule has 0 aliphatic heterocycles. The van der Waals surface area contributed by atoms with Crippen molar-refractivity contribution in [3.63, 3.8) is 0 Å². The van der Waals surface area contributed by atoms with E-state index in [2.05, 4.69) is 138 Å². The molecule has 6 rings (SSSR count). The van der Waals surface area contributed by atoms with Crippen LogP contribution >= 0.6 is 0 Å². The first-order chi connectivity index (χ1) is 22.7. The van der Waals surface area contributed by atoms with E-state index in [1.807, 2.05) is 24.4 Å². The van der Waals surface area contributed by atoms with Gasteiger partial charge in [-0.15, -0.1) is 18.2 Å². The summed E-state index contributed by atoms with van der Waals surface area (Å²) in [6.07, 6.45) is 5.16. The minimum Gasteiger partial charge on any atom is 0 e. The number of furan rings is 1. The Bertz CT molecular complexity index is 2000. The Morgan fingerprint density at radius 3 is 2.20 bits per heavy atom. The van der Waals surface area contributed by atoms with Gasteiger partial charge in [-0.2, -0.15) is 0 Å². The van der Waals surface area contributed by atoms with E-state index in [0.717, 1.165) is 51.0 Å². The van der Waals surface area contributed by atoms with Crippen LogP contribution in [0.25, 0.3) is 44.6 Å². The second kappa shape index (κ2) is 16.3. The minimum absolute atomic E-state index is 0. The van der Waals surface area contributed by atoms with Gasteiger partial charge < -0.3 is 9.40 Å². The van der Waals surface area contributed by atoms with Gasteiger partial charge >= 0.3 is 132 Å². The van der Waals surface area contributed by atoms with E-state index in [4.69, 9.17) is 14.4 Å². The van der Waals surface area contributed by atoms with Crippen molar-refractivity contribution in [2.45, 2.75) is 90.9 Å². The van der Waals surface area contributed by atoms with E-state index in [0.29, 0.717) is 29.4 Å². The molecular weight excluding hydrogens is 839 g/mol. The maximum atomic E-state index is 6.19. The Hall–Kier alpha value is -3.12. The molecule has 0 aliphatic rings. The first kappa shape index (κ1) is 38.7. The fraction of sp³-hybridized carbons (Fsp3) is 0.372. The second-order valence-electron chi connectivity index (χ2n) is 15.3. The van der Waals surface area contributed by atoms with E-state index < -0.39 is 13.3 Å². The number of aryl methyl sites for hydroxylation is 1. The maximum Gasteiger partial charge on any atom is 0 e. The van der Waals surface area contributed by atoms with Crippen molar-refractivity contribution in [1.29, 1.82) is 0 Å². The first-order valence-electron chi connectivity index (χ1n) is 17.4. The van der Waals surface area contributed by atoms with Gasteiger partial charge in [0, 0.05) is 37.4 Å². The van der Waals surface area contributed by atoms with Crippen LogP contribution in [0.15, 0.2) is 77.5 Å². The molecule has 2 aromatic carbocycles. The fourth-order valence-corrected chi connectivity index (χ4v) is 9.33. The molecule has 0 amide bonds. The van der Waals surface area contributed by atoms with Crippen molar-refractivity contribution >= 4 is 39.7 Å². The van der Waals surface area contributed by atoms with Crippen LogP contribution in [-0.4, -0.2) is 28.2 Å². The van der Waals surface area contributed by atoms with Gasteiger partial charge in [0.2, 0.25) is 5.71 Å². The van der Waals surface area contributed by atoms with Crippen molar-refractivity contribution in [1.82, 2.24) is 15.0 Å². The average Bonchev–Trinajstić information content (AvgIpc) is 3.42. The summed E-state index contributed by atoms with van der Waals surface area (Å²) in [4.78, 5) is 14.0. The largest absolute Gasteiger partial charge is 0 e. The van der Waals surface area contributed by atoms with Gasteiger partial charge in [0.25, 0.3) is 0 Å². The van der Waals surface area contributed by atoms with Crippen LogP contribution in [-0.2, 0) is 26.5 Å². The molecule has 6 aromatic rings. The van der Waals surface area contributed by atoms with E-state index in [1.54, 1.807) is 4.40 Å². The van der Waals surface area contributed by atoms with Gasteiger partial charge in [0.15, 0.2) is 0 Å². The van der Waals surface area contributed by atoms with Crippen molar-refractivity contribution in [2.24, 2.45) is 11.8 Å². The molecule has 0 saturated carbocycles. The molecule has 1 atom stereocenters. The molecule has 0 bridgehead atoms. The minimum atomic E-state index is -1.87. The number of hydrogen-bond donors (Lipinski definition) is 0. The van der Waals surface area contributed by atoms with Crippen molar-refractivity contribution < 1.29 is 24.5 Å². The number of aromatic nitrogens is 3. The zero-order valence-corrected chi connectivity index (χ0v) is 35.5. The standard InChI is InChI=1S/C24H25N2O.C19H26GeN.Ir/c1-14(2)16(5)17-11-12-25-22(13-17)20-8-6-7-18-19-9-10-21(15(3)4)26-24(19)27-23(18)20;1-14(2)11-17-12-19(16-9-7-15(3)8-10-16)21-13-18(17)20(4,5)6;/h6-7,9-16H,1-5H3;7-9,12-14H,11H2,1-6H3;/q2*-1;. The maximum absolute atomic E-state index is 6.19. The summed E-state index contributed by atoms with van der Waals surface area (Å²) in [6, 6.07) is 27.7. The quantitative estimate of drug-likeness (QED) is 0.113. The Balaban J connectivity index is 0.000000224. The Morgan fingerprint density at radius 2 is 1.57 bits per heavy atom. The summed E-state index contributed by atoms with van der Waals surface area (Å²) >= 11 is -1.87. The predicted octanol–water partition coefficient (Wildman–Crippen LogP) is 11.3. The van der Waals surface area contributed by atoms with Crippen LogP contribution in [0, 0.1) is 30.9 Å². The van der Waals surface area contributed by atoms with Gasteiger partial charge in [-0.05, 0) is 41.6 Å². The van der Waals surface area contributed by atoms with E-state index in [1.165, 1.54) is 16.7 Å². The molecule has 4 heterocycles. The number of hydrogen-bond acceptors (Lipinski definition) is 4. The fourth-order valence-electron chi connectivity index (χ4n) is 5.99. The monoisotopic (exact) mass is 892 g/mol. The molecule has 0 spiro atoms. The third kappa shape index (κ3) is 9.17. The SMILES string of the molecule is CC(C)c1ccc2c(n1)oc1c(-c3cc(C(C)C(C)C)ccn3)[c-]ccc12.Cc1c[c-]c(-c2cc(CC(C)C)[c]([Ge]([CH3])([CH3])[CH3])cn2)cc1.[Ir]. The van der Waals surface area contributed by atoms with E-state index >= 15 is 0 Å². The molecule has 1 radical (unpaired) electrons. The molecule has 1 unspecified atom stereocenters. The number of fused-ring (bicyclic) bond motifs is 3. The van der Waals surface area contributed by atoms with Gasteiger partial charge in [0.05, 0.1) is 5.58 Å². The number of nitrogens with zero attached hydrogens (tertiary/aromatic N) is 3. The number of rotatable bonds is 8. The molecule has 0 fully saturated rings. The van der Waals surface area contributed by atoms with Gasteiger partial charge in [0.1, 0.15) is 0 Å². The summed E-state index contributed by atoms with van der Waals surface area (Å²) in [7, 11) is 0. The third-order valence-corrected chi connectivity index (χ3v) is 13.5. The zero-order valence-electron chi connectivity index (χ0n) is 31.0. The Kier molecular flexibility index (Phi) is 12.8. The smallest absolute Gasteiger partial charge is 0 e. The summed E-state index contributed by atoms with van der Waals surface area (Å²) < 4.78 is 7.74. The molecule has 49 heavy (non-hydrogen) atoms. The van der Waals surface area contributed by atoms with E-state index in [-0.39, 0.29) is 20.1 Å². The Morgan fingerprint density at radius 1 is 0.816 bits per heavy atom. The second-order valence-corrected chi connectivity index (χ2v) is 25.9.